The van der Waals surface area contributed by atoms with Gasteiger partial charge in [0.05, 0.1) is 11.4 Å². The maximum absolute atomic E-state index is 13.4. The number of aromatic nitrogens is 2. The summed E-state index contributed by atoms with van der Waals surface area (Å²) in [6.07, 6.45) is 0. The second-order valence-electron chi connectivity index (χ2n) is 7.28. The largest absolute Gasteiger partial charge is 0.322 e. The molecule has 0 unspecified atom stereocenters. The molecule has 6 nitrogen and oxygen atoms in total. The maximum Gasteiger partial charge on any atom is 0.255 e. The molecule has 4 rings (SSSR count). The number of amides is 2. The van der Waals surface area contributed by atoms with Crippen molar-refractivity contribution < 1.29 is 14.0 Å². The Balaban J connectivity index is 1.66. The van der Waals surface area contributed by atoms with Gasteiger partial charge in [-0.3, -0.25) is 9.59 Å². The first-order chi connectivity index (χ1) is 15.4. The van der Waals surface area contributed by atoms with Crippen LogP contribution in [0.25, 0.3) is 16.8 Å². The standard InChI is InChI=1S/C25H21FN4O2/c1-16-23(18-7-4-3-5-8-18)24(27-17(2)31)30(29-16)22-13-11-19(12-14-22)25(32)28-21-10-6-9-20(26)15-21/h3-15H,1-2H3,(H,27,31)(H,28,32). The summed E-state index contributed by atoms with van der Waals surface area (Å²) in [7, 11) is 0. The summed E-state index contributed by atoms with van der Waals surface area (Å²) in [5, 5.41) is 10.2. The average molecular weight is 428 g/mol. The fourth-order valence-corrected chi connectivity index (χ4v) is 3.47. The molecule has 0 radical (unpaired) electrons. The Morgan fingerprint density at radius 3 is 2.28 bits per heavy atom. The van der Waals surface area contributed by atoms with Crippen molar-refractivity contribution in [3.63, 3.8) is 0 Å². The van der Waals surface area contributed by atoms with Gasteiger partial charge in [-0.25, -0.2) is 9.07 Å². The normalized spacial score (nSPS) is 10.6. The van der Waals surface area contributed by atoms with Crippen LogP contribution < -0.4 is 10.6 Å². The molecule has 3 aromatic carbocycles. The molecule has 0 saturated heterocycles. The van der Waals surface area contributed by atoms with Crippen LogP contribution in [-0.2, 0) is 4.79 Å². The van der Waals surface area contributed by atoms with Gasteiger partial charge in [0.25, 0.3) is 5.91 Å². The van der Waals surface area contributed by atoms with E-state index in [1.165, 1.54) is 25.1 Å². The van der Waals surface area contributed by atoms with Crippen LogP contribution in [0.15, 0.2) is 78.9 Å². The van der Waals surface area contributed by atoms with Gasteiger partial charge < -0.3 is 10.6 Å². The van der Waals surface area contributed by atoms with E-state index in [1.807, 2.05) is 37.3 Å². The molecule has 0 atom stereocenters. The van der Waals surface area contributed by atoms with E-state index in [1.54, 1.807) is 35.0 Å². The predicted molar refractivity (Wildman–Crippen MR) is 122 cm³/mol. The minimum absolute atomic E-state index is 0.213. The molecule has 7 heteroatoms. The monoisotopic (exact) mass is 428 g/mol. The number of carbonyl (C=O) groups is 2. The summed E-state index contributed by atoms with van der Waals surface area (Å²) in [4.78, 5) is 24.4. The lowest BCUT2D eigenvalue weighted by atomic mass is 10.1. The average Bonchev–Trinajstić information content (AvgIpc) is 3.09. The molecule has 0 spiro atoms. The zero-order valence-electron chi connectivity index (χ0n) is 17.6. The first kappa shape index (κ1) is 21.0. The van der Waals surface area contributed by atoms with E-state index in [9.17, 15) is 14.0 Å². The van der Waals surface area contributed by atoms with Crippen LogP contribution >= 0.6 is 0 Å². The first-order valence-electron chi connectivity index (χ1n) is 10.0. The minimum atomic E-state index is -0.424. The van der Waals surface area contributed by atoms with E-state index in [0.717, 1.165) is 16.8 Å². The van der Waals surface area contributed by atoms with Gasteiger partial charge in [0.1, 0.15) is 11.6 Å². The molecule has 1 heterocycles. The highest BCUT2D eigenvalue weighted by Crippen LogP contribution is 2.33. The maximum atomic E-state index is 13.4. The summed E-state index contributed by atoms with van der Waals surface area (Å²) in [6, 6.07) is 22.2. The topological polar surface area (TPSA) is 76.0 Å². The SMILES string of the molecule is CC(=O)Nc1c(-c2ccccc2)c(C)nn1-c1ccc(C(=O)Nc2cccc(F)c2)cc1. The van der Waals surface area contributed by atoms with E-state index in [0.29, 0.717) is 22.8 Å². The zero-order chi connectivity index (χ0) is 22.7. The molecule has 2 amide bonds. The summed E-state index contributed by atoms with van der Waals surface area (Å²) < 4.78 is 15.0. The summed E-state index contributed by atoms with van der Waals surface area (Å²) >= 11 is 0. The van der Waals surface area contributed by atoms with Crippen LogP contribution in [0.3, 0.4) is 0 Å². The third-order valence-corrected chi connectivity index (χ3v) is 4.87. The van der Waals surface area contributed by atoms with Gasteiger partial charge in [0, 0.05) is 23.7 Å². The molecule has 0 saturated carbocycles. The number of hydrogen-bond donors (Lipinski definition) is 2. The third kappa shape index (κ3) is 4.41. The molecule has 0 aliphatic heterocycles. The van der Waals surface area contributed by atoms with Gasteiger partial charge >= 0.3 is 0 Å². The molecule has 1 aromatic heterocycles. The number of halogens is 1. The zero-order valence-corrected chi connectivity index (χ0v) is 17.6. The molecule has 160 valence electrons. The highest BCUT2D eigenvalue weighted by molar-refractivity contribution is 6.04. The number of rotatable bonds is 5. The fourth-order valence-electron chi connectivity index (χ4n) is 3.47. The highest BCUT2D eigenvalue weighted by Gasteiger charge is 2.19. The third-order valence-electron chi connectivity index (χ3n) is 4.87. The van der Waals surface area contributed by atoms with Crippen molar-refractivity contribution in [3.8, 4) is 16.8 Å². The van der Waals surface area contributed by atoms with Gasteiger partial charge in [-0.15, -0.1) is 0 Å². The second-order valence-corrected chi connectivity index (χ2v) is 7.28. The van der Waals surface area contributed by atoms with Gasteiger partial charge in [-0.2, -0.15) is 5.10 Å². The van der Waals surface area contributed by atoms with Gasteiger partial charge in [-0.05, 0) is 55.0 Å². The number of hydrogen-bond acceptors (Lipinski definition) is 3. The predicted octanol–water partition coefficient (Wildman–Crippen LogP) is 5.20. The summed E-state index contributed by atoms with van der Waals surface area (Å²) in [6.45, 7) is 3.33. The van der Waals surface area contributed by atoms with Crippen LogP contribution in [-0.4, -0.2) is 21.6 Å². The quantitative estimate of drug-likeness (QED) is 0.459. The fraction of sp³-hybridized carbons (Fsp3) is 0.0800. The van der Waals surface area contributed by atoms with Gasteiger partial charge in [0.2, 0.25) is 5.91 Å². The van der Waals surface area contributed by atoms with Gasteiger partial charge in [0.15, 0.2) is 0 Å². The molecule has 0 aliphatic carbocycles. The summed E-state index contributed by atoms with van der Waals surface area (Å²) in [5.41, 5.74) is 3.99. The minimum Gasteiger partial charge on any atom is -0.322 e. The van der Waals surface area contributed by atoms with Crippen LogP contribution in [0.2, 0.25) is 0 Å². The molecule has 32 heavy (non-hydrogen) atoms. The van der Waals surface area contributed by atoms with E-state index >= 15 is 0 Å². The Kier molecular flexibility index (Phi) is 5.81. The Labute approximate surface area is 184 Å². The Morgan fingerprint density at radius 1 is 0.906 bits per heavy atom. The molecule has 4 aromatic rings. The van der Waals surface area contributed by atoms with E-state index in [2.05, 4.69) is 15.7 Å². The first-order valence-corrected chi connectivity index (χ1v) is 10.0. The van der Waals surface area contributed by atoms with E-state index in [-0.39, 0.29) is 11.8 Å². The van der Waals surface area contributed by atoms with Crippen molar-refractivity contribution in [3.05, 3.63) is 95.9 Å². The van der Waals surface area contributed by atoms with Crippen molar-refractivity contribution in [2.75, 3.05) is 10.6 Å². The van der Waals surface area contributed by atoms with Crippen LogP contribution in [0, 0.1) is 12.7 Å². The van der Waals surface area contributed by atoms with E-state index < -0.39 is 5.82 Å². The molecular weight excluding hydrogens is 407 g/mol. The van der Waals surface area contributed by atoms with Crippen molar-refractivity contribution in [1.82, 2.24) is 9.78 Å². The Morgan fingerprint density at radius 2 is 1.62 bits per heavy atom. The lowest BCUT2D eigenvalue weighted by Crippen LogP contribution is -2.13. The molecule has 0 fully saturated rings. The van der Waals surface area contributed by atoms with Crippen molar-refractivity contribution in [1.29, 1.82) is 0 Å². The molecule has 0 aliphatic rings. The summed E-state index contributed by atoms with van der Waals surface area (Å²) in [5.74, 6) is -0.439. The van der Waals surface area contributed by atoms with Crippen molar-refractivity contribution in [2.45, 2.75) is 13.8 Å². The number of nitrogens with one attached hydrogen (secondary N) is 2. The Hall–Kier alpha value is -4.26. The molecular formula is C25H21FN4O2. The van der Waals surface area contributed by atoms with Gasteiger partial charge in [-0.1, -0.05) is 36.4 Å². The number of aryl methyl sites for hydroxylation is 1. The molecule has 0 bridgehead atoms. The number of benzene rings is 3. The van der Waals surface area contributed by atoms with Crippen LogP contribution in [0.4, 0.5) is 15.9 Å². The number of carbonyl (C=O) groups excluding carboxylic acids is 2. The number of anilines is 2. The van der Waals surface area contributed by atoms with Crippen LogP contribution in [0.5, 0.6) is 0 Å². The lowest BCUT2D eigenvalue weighted by molar-refractivity contribution is -0.114. The number of nitrogens with zero attached hydrogens (tertiary/aromatic N) is 2. The van der Waals surface area contributed by atoms with Crippen LogP contribution in [0.1, 0.15) is 23.0 Å². The van der Waals surface area contributed by atoms with E-state index in [4.69, 9.17) is 0 Å². The smallest absolute Gasteiger partial charge is 0.255 e. The highest BCUT2D eigenvalue weighted by atomic mass is 19.1. The van der Waals surface area contributed by atoms with Crippen molar-refractivity contribution >= 4 is 23.3 Å². The Bertz CT molecular complexity index is 1280. The lowest BCUT2D eigenvalue weighted by Gasteiger charge is -2.11. The van der Waals surface area contributed by atoms with Crippen molar-refractivity contribution in [2.24, 2.45) is 0 Å². The second kappa shape index (κ2) is 8.85. The molecule has 2 N–H and O–H groups in total.